The second kappa shape index (κ2) is 5.68. The molecule has 1 aromatic rings. The van der Waals surface area contributed by atoms with Gasteiger partial charge in [-0.25, -0.2) is 0 Å². The molecule has 0 aliphatic heterocycles. The van der Waals surface area contributed by atoms with E-state index in [0.29, 0.717) is 0 Å². The molecule has 0 unspecified atom stereocenters. The zero-order valence-corrected chi connectivity index (χ0v) is 11.9. The Hall–Kier alpha value is -0.450. The molecular weight excluding hydrogens is 286 g/mol. The first kappa shape index (κ1) is 17.6. The lowest BCUT2D eigenvalue weighted by atomic mass is 9.81. The lowest BCUT2D eigenvalue weighted by Gasteiger charge is -2.29. The van der Waals surface area contributed by atoms with Gasteiger partial charge in [-0.15, -0.1) is 12.4 Å². The van der Waals surface area contributed by atoms with Gasteiger partial charge in [0, 0.05) is 11.1 Å². The van der Waals surface area contributed by atoms with Crippen LogP contribution < -0.4 is 5.73 Å². The minimum Gasteiger partial charge on any atom is -0.324 e. The second-order valence-electron chi connectivity index (χ2n) is 5.07. The monoisotopic (exact) mass is 301 g/mol. The van der Waals surface area contributed by atoms with Crippen LogP contribution in [0.3, 0.4) is 0 Å². The summed E-state index contributed by atoms with van der Waals surface area (Å²) >= 11 is 5.60. The highest BCUT2D eigenvalue weighted by Gasteiger charge is 2.37. The van der Waals surface area contributed by atoms with Gasteiger partial charge in [0.1, 0.15) is 0 Å². The second-order valence-corrected chi connectivity index (χ2v) is 5.51. The van der Waals surface area contributed by atoms with Crippen molar-refractivity contribution in [3.05, 3.63) is 34.3 Å². The van der Waals surface area contributed by atoms with Crippen LogP contribution in [-0.2, 0) is 6.18 Å². The van der Waals surface area contributed by atoms with E-state index in [-0.39, 0.29) is 23.0 Å². The molecule has 1 aromatic carbocycles. The average molecular weight is 302 g/mol. The maximum absolute atomic E-state index is 12.9. The lowest BCUT2D eigenvalue weighted by Crippen LogP contribution is -2.28. The largest absolute Gasteiger partial charge is 0.416 e. The quantitative estimate of drug-likeness (QED) is 0.790. The van der Waals surface area contributed by atoms with Gasteiger partial charge in [0.2, 0.25) is 0 Å². The molecule has 1 atom stereocenters. The summed E-state index contributed by atoms with van der Waals surface area (Å²) in [5, 5.41) is 0.0576. The molecule has 1 nitrogen and oxygen atoms in total. The fourth-order valence-corrected chi connectivity index (χ4v) is 1.68. The molecule has 0 fully saturated rings. The number of alkyl halides is 3. The highest BCUT2D eigenvalue weighted by molar-refractivity contribution is 6.30. The van der Waals surface area contributed by atoms with E-state index in [2.05, 4.69) is 0 Å². The smallest absolute Gasteiger partial charge is 0.324 e. The summed E-state index contributed by atoms with van der Waals surface area (Å²) < 4.78 is 38.6. The Kier molecular flexibility index (Phi) is 5.54. The van der Waals surface area contributed by atoms with Gasteiger partial charge in [-0.1, -0.05) is 38.4 Å². The molecule has 0 aliphatic rings. The van der Waals surface area contributed by atoms with E-state index in [1.54, 1.807) is 20.8 Å². The van der Waals surface area contributed by atoms with E-state index in [4.69, 9.17) is 17.3 Å². The Labute approximate surface area is 116 Å². The Bertz CT molecular complexity index is 411. The van der Waals surface area contributed by atoms with Gasteiger partial charge < -0.3 is 5.73 Å². The van der Waals surface area contributed by atoms with E-state index in [1.165, 1.54) is 12.1 Å². The normalized spacial score (nSPS) is 14.0. The van der Waals surface area contributed by atoms with Crippen molar-refractivity contribution in [1.29, 1.82) is 0 Å². The van der Waals surface area contributed by atoms with Crippen molar-refractivity contribution < 1.29 is 13.2 Å². The van der Waals surface area contributed by atoms with Crippen LogP contribution in [0.4, 0.5) is 13.2 Å². The topological polar surface area (TPSA) is 26.0 Å². The molecule has 0 saturated heterocycles. The highest BCUT2D eigenvalue weighted by Crippen LogP contribution is 2.40. The fraction of sp³-hybridized carbons (Fsp3) is 0.500. The van der Waals surface area contributed by atoms with Crippen LogP contribution in [0.25, 0.3) is 0 Å². The fourth-order valence-electron chi connectivity index (χ4n) is 1.51. The van der Waals surface area contributed by atoms with Gasteiger partial charge in [0.25, 0.3) is 0 Å². The number of hydrogen-bond acceptors (Lipinski definition) is 1. The summed E-state index contributed by atoms with van der Waals surface area (Å²) in [7, 11) is 0. The molecule has 0 heterocycles. The van der Waals surface area contributed by atoms with Crippen LogP contribution in [0, 0.1) is 5.41 Å². The molecule has 18 heavy (non-hydrogen) atoms. The van der Waals surface area contributed by atoms with Crippen molar-refractivity contribution in [2.24, 2.45) is 11.1 Å². The van der Waals surface area contributed by atoms with Crippen LogP contribution in [0.15, 0.2) is 18.2 Å². The first-order chi connectivity index (χ1) is 7.53. The summed E-state index contributed by atoms with van der Waals surface area (Å²) in [6, 6.07) is 3.00. The molecule has 0 aromatic heterocycles. The van der Waals surface area contributed by atoms with Gasteiger partial charge >= 0.3 is 6.18 Å². The van der Waals surface area contributed by atoms with E-state index in [1.807, 2.05) is 0 Å². The molecule has 0 radical (unpaired) electrons. The third kappa shape index (κ3) is 4.04. The van der Waals surface area contributed by atoms with Crippen molar-refractivity contribution in [3.63, 3.8) is 0 Å². The number of nitrogens with two attached hydrogens (primary N) is 1. The van der Waals surface area contributed by atoms with Gasteiger partial charge in [-0.05, 0) is 23.1 Å². The van der Waals surface area contributed by atoms with Gasteiger partial charge in [0.05, 0.1) is 5.56 Å². The molecule has 0 spiro atoms. The van der Waals surface area contributed by atoms with Crippen LogP contribution in [-0.4, -0.2) is 0 Å². The lowest BCUT2D eigenvalue weighted by molar-refractivity contribution is -0.138. The van der Waals surface area contributed by atoms with Crippen molar-refractivity contribution in [3.8, 4) is 0 Å². The van der Waals surface area contributed by atoms with E-state index >= 15 is 0 Å². The maximum atomic E-state index is 12.9. The van der Waals surface area contributed by atoms with Crippen molar-refractivity contribution >= 4 is 24.0 Å². The Morgan fingerprint density at radius 2 is 1.67 bits per heavy atom. The zero-order valence-electron chi connectivity index (χ0n) is 10.3. The van der Waals surface area contributed by atoms with E-state index in [0.717, 1.165) is 6.07 Å². The first-order valence-corrected chi connectivity index (χ1v) is 5.53. The average Bonchev–Trinajstić information content (AvgIpc) is 2.14. The SMILES string of the molecule is CC(C)(C)[C@@H](N)c1ccc(Cl)cc1C(F)(F)F.Cl. The molecule has 0 amide bonds. The Morgan fingerprint density at radius 1 is 1.17 bits per heavy atom. The highest BCUT2D eigenvalue weighted by atomic mass is 35.5. The number of hydrogen-bond donors (Lipinski definition) is 1. The number of benzene rings is 1. The van der Waals surface area contributed by atoms with Crippen molar-refractivity contribution in [2.45, 2.75) is 33.0 Å². The van der Waals surface area contributed by atoms with Gasteiger partial charge in [-0.2, -0.15) is 13.2 Å². The van der Waals surface area contributed by atoms with Crippen LogP contribution in [0.2, 0.25) is 5.02 Å². The predicted octanol–water partition coefficient (Wildman–Crippen LogP) is 4.83. The van der Waals surface area contributed by atoms with Crippen LogP contribution >= 0.6 is 24.0 Å². The van der Waals surface area contributed by atoms with Crippen LogP contribution in [0.1, 0.15) is 37.9 Å². The molecule has 104 valence electrons. The number of rotatable bonds is 1. The standard InChI is InChI=1S/C12H15ClF3N.ClH/c1-11(2,3)10(17)8-5-4-7(13)6-9(8)12(14,15)16;/h4-6,10H,17H2,1-3H3;1H/t10-;/m0./s1. The van der Waals surface area contributed by atoms with Crippen LogP contribution in [0.5, 0.6) is 0 Å². The Morgan fingerprint density at radius 3 is 2.06 bits per heavy atom. The maximum Gasteiger partial charge on any atom is 0.416 e. The molecular formula is C12H16Cl2F3N. The summed E-state index contributed by atoms with van der Waals surface area (Å²) in [5.74, 6) is 0. The summed E-state index contributed by atoms with van der Waals surface area (Å²) in [6.45, 7) is 5.39. The van der Waals surface area contributed by atoms with Crippen molar-refractivity contribution in [1.82, 2.24) is 0 Å². The summed E-state index contributed by atoms with van der Waals surface area (Å²) in [4.78, 5) is 0. The molecule has 1 rings (SSSR count). The zero-order chi connectivity index (χ0) is 13.4. The van der Waals surface area contributed by atoms with Crippen molar-refractivity contribution in [2.75, 3.05) is 0 Å². The number of halogens is 5. The molecule has 0 aliphatic carbocycles. The summed E-state index contributed by atoms with van der Waals surface area (Å²) in [6.07, 6.45) is -4.44. The molecule has 0 saturated carbocycles. The van der Waals surface area contributed by atoms with Gasteiger partial charge in [0.15, 0.2) is 0 Å². The Balaban J connectivity index is 0.00000289. The predicted molar refractivity (Wildman–Crippen MR) is 70.1 cm³/mol. The van der Waals surface area contributed by atoms with E-state index in [9.17, 15) is 13.2 Å². The van der Waals surface area contributed by atoms with Gasteiger partial charge in [-0.3, -0.25) is 0 Å². The summed E-state index contributed by atoms with van der Waals surface area (Å²) in [5.41, 5.74) is 4.75. The van der Waals surface area contributed by atoms with E-state index < -0.39 is 23.2 Å². The molecule has 2 N–H and O–H groups in total. The molecule has 0 bridgehead atoms. The minimum absolute atomic E-state index is 0. The first-order valence-electron chi connectivity index (χ1n) is 5.15. The third-order valence-electron chi connectivity index (χ3n) is 2.59. The molecule has 6 heteroatoms. The third-order valence-corrected chi connectivity index (χ3v) is 2.82. The minimum atomic E-state index is -4.44.